The molecular formula is C22H29NO. The fraction of sp³-hybridized carbons (Fsp3) is 0.364. The summed E-state index contributed by atoms with van der Waals surface area (Å²) in [5.41, 5.74) is 8.01. The molecule has 2 aromatic carbocycles. The molecule has 0 heterocycles. The number of allylic oxidation sites excluding steroid dienone is 1. The second-order valence-electron chi connectivity index (χ2n) is 6.67. The van der Waals surface area contributed by atoms with Crippen molar-refractivity contribution in [2.75, 3.05) is 7.11 Å². The minimum atomic E-state index is -0.590. The molecule has 0 radical (unpaired) electrons. The first-order valence-corrected chi connectivity index (χ1v) is 8.55. The Morgan fingerprint density at radius 2 is 1.46 bits per heavy atom. The summed E-state index contributed by atoms with van der Waals surface area (Å²) >= 11 is 0. The van der Waals surface area contributed by atoms with E-state index < -0.39 is 11.1 Å². The molecule has 128 valence electrons. The number of hydrogen-bond acceptors (Lipinski definition) is 2. The number of nitrogens with two attached hydrogens (primary N) is 1. The van der Waals surface area contributed by atoms with Crippen LogP contribution in [0.3, 0.4) is 0 Å². The van der Waals surface area contributed by atoms with Crippen molar-refractivity contribution < 1.29 is 4.74 Å². The van der Waals surface area contributed by atoms with Crippen LogP contribution in [0.5, 0.6) is 0 Å². The third kappa shape index (κ3) is 3.45. The van der Waals surface area contributed by atoms with Gasteiger partial charge in [-0.15, -0.1) is 0 Å². The summed E-state index contributed by atoms with van der Waals surface area (Å²) in [5, 5.41) is 0. The Morgan fingerprint density at radius 1 is 1.00 bits per heavy atom. The van der Waals surface area contributed by atoms with Crippen molar-refractivity contribution in [1.29, 1.82) is 0 Å². The van der Waals surface area contributed by atoms with Gasteiger partial charge in [-0.3, -0.25) is 0 Å². The highest BCUT2D eigenvalue weighted by molar-refractivity contribution is 5.38. The molecule has 2 N–H and O–H groups in total. The zero-order valence-electron chi connectivity index (χ0n) is 15.2. The Morgan fingerprint density at radius 3 is 1.83 bits per heavy atom. The van der Waals surface area contributed by atoms with Crippen LogP contribution >= 0.6 is 0 Å². The minimum Gasteiger partial charge on any atom is -0.368 e. The lowest BCUT2D eigenvalue weighted by Crippen LogP contribution is -2.53. The molecule has 0 fully saturated rings. The van der Waals surface area contributed by atoms with E-state index in [4.69, 9.17) is 10.5 Å². The second kappa shape index (κ2) is 7.78. The van der Waals surface area contributed by atoms with Crippen LogP contribution in [0.4, 0.5) is 0 Å². The number of methoxy groups -OCH3 is 1. The van der Waals surface area contributed by atoms with Crippen LogP contribution in [-0.2, 0) is 10.3 Å². The molecule has 0 aromatic heterocycles. The van der Waals surface area contributed by atoms with E-state index in [1.165, 1.54) is 0 Å². The quantitative estimate of drug-likeness (QED) is 0.736. The summed E-state index contributed by atoms with van der Waals surface area (Å²) in [5.74, 6) is 0.0657. The second-order valence-corrected chi connectivity index (χ2v) is 6.67. The first-order valence-electron chi connectivity index (χ1n) is 8.55. The first kappa shape index (κ1) is 18.4. The van der Waals surface area contributed by atoms with Gasteiger partial charge < -0.3 is 10.5 Å². The molecule has 0 saturated carbocycles. The highest BCUT2D eigenvalue weighted by Crippen LogP contribution is 2.44. The van der Waals surface area contributed by atoms with Crippen LogP contribution in [0.25, 0.3) is 0 Å². The van der Waals surface area contributed by atoms with Crippen LogP contribution in [-0.4, -0.2) is 12.6 Å². The molecule has 0 saturated heterocycles. The molecular weight excluding hydrogens is 294 g/mol. The SMILES string of the molecule is C/C=C/CC(C)(N)C(C)C(OC)(c1ccccc1)c1ccccc1. The largest absolute Gasteiger partial charge is 0.368 e. The molecule has 0 spiro atoms. The van der Waals surface area contributed by atoms with Crippen LogP contribution < -0.4 is 5.73 Å². The molecule has 24 heavy (non-hydrogen) atoms. The number of hydrogen-bond donors (Lipinski definition) is 1. The van der Waals surface area contributed by atoms with E-state index >= 15 is 0 Å². The van der Waals surface area contributed by atoms with Crippen LogP contribution in [0.1, 0.15) is 38.3 Å². The van der Waals surface area contributed by atoms with E-state index in [-0.39, 0.29) is 5.92 Å². The van der Waals surface area contributed by atoms with Crippen molar-refractivity contribution in [2.45, 2.75) is 38.3 Å². The van der Waals surface area contributed by atoms with E-state index in [0.29, 0.717) is 0 Å². The van der Waals surface area contributed by atoms with Crippen molar-refractivity contribution in [3.63, 3.8) is 0 Å². The maximum Gasteiger partial charge on any atom is 0.122 e. The van der Waals surface area contributed by atoms with E-state index in [1.807, 2.05) is 19.1 Å². The van der Waals surface area contributed by atoms with Gasteiger partial charge in [0.2, 0.25) is 0 Å². The molecule has 2 aromatic rings. The lowest BCUT2D eigenvalue weighted by molar-refractivity contribution is -0.0475. The van der Waals surface area contributed by atoms with Crippen LogP contribution in [0.2, 0.25) is 0 Å². The normalized spacial score (nSPS) is 16.0. The molecule has 0 bridgehead atoms. The van der Waals surface area contributed by atoms with Gasteiger partial charge in [-0.2, -0.15) is 0 Å². The highest BCUT2D eigenvalue weighted by atomic mass is 16.5. The summed E-state index contributed by atoms with van der Waals surface area (Å²) in [6, 6.07) is 20.8. The standard InChI is InChI=1S/C22H29NO/c1-5-6-17-21(3,23)18(2)22(24-4,19-13-9-7-10-14-19)20-15-11-8-12-16-20/h5-16,18H,17,23H2,1-4H3/b6-5+. The number of benzene rings is 2. The van der Waals surface area contributed by atoms with Crippen molar-refractivity contribution in [3.8, 4) is 0 Å². The van der Waals surface area contributed by atoms with E-state index in [0.717, 1.165) is 17.5 Å². The molecule has 2 nitrogen and oxygen atoms in total. The Hall–Kier alpha value is -1.90. The lowest BCUT2D eigenvalue weighted by atomic mass is 9.67. The Bertz CT molecular complexity index is 607. The third-order valence-electron chi connectivity index (χ3n) is 5.12. The first-order chi connectivity index (χ1) is 11.5. The molecule has 0 aliphatic carbocycles. The maximum absolute atomic E-state index is 6.75. The number of rotatable bonds is 7. The summed E-state index contributed by atoms with van der Waals surface area (Å²) in [6.45, 7) is 6.32. The van der Waals surface area contributed by atoms with Crippen molar-refractivity contribution in [2.24, 2.45) is 11.7 Å². The Kier molecular flexibility index (Phi) is 5.98. The number of ether oxygens (including phenoxy) is 1. The zero-order valence-corrected chi connectivity index (χ0v) is 15.2. The van der Waals surface area contributed by atoms with Crippen LogP contribution in [0.15, 0.2) is 72.8 Å². The zero-order chi connectivity index (χ0) is 17.6. The van der Waals surface area contributed by atoms with E-state index in [1.54, 1.807) is 7.11 Å². The fourth-order valence-corrected chi connectivity index (χ4v) is 3.46. The summed E-state index contributed by atoms with van der Waals surface area (Å²) in [7, 11) is 1.78. The predicted molar refractivity (Wildman–Crippen MR) is 102 cm³/mol. The van der Waals surface area contributed by atoms with Gasteiger partial charge in [-0.25, -0.2) is 0 Å². The topological polar surface area (TPSA) is 35.2 Å². The smallest absolute Gasteiger partial charge is 0.122 e. The van der Waals surface area contributed by atoms with Crippen molar-refractivity contribution >= 4 is 0 Å². The average Bonchev–Trinajstić information content (AvgIpc) is 2.63. The fourth-order valence-electron chi connectivity index (χ4n) is 3.46. The van der Waals surface area contributed by atoms with Gasteiger partial charge >= 0.3 is 0 Å². The highest BCUT2D eigenvalue weighted by Gasteiger charge is 2.46. The molecule has 0 aliphatic heterocycles. The Labute approximate surface area is 146 Å². The van der Waals surface area contributed by atoms with Crippen molar-refractivity contribution in [3.05, 3.63) is 83.9 Å². The summed E-state index contributed by atoms with van der Waals surface area (Å²) < 4.78 is 6.23. The lowest BCUT2D eigenvalue weighted by Gasteiger charge is -2.46. The van der Waals surface area contributed by atoms with Gasteiger partial charge in [0.1, 0.15) is 5.60 Å². The minimum absolute atomic E-state index is 0.0657. The summed E-state index contributed by atoms with van der Waals surface area (Å²) in [6.07, 6.45) is 4.99. The predicted octanol–water partition coefficient (Wildman–Crippen LogP) is 4.90. The van der Waals surface area contributed by atoms with Gasteiger partial charge in [-0.05, 0) is 31.4 Å². The Balaban J connectivity index is 2.63. The van der Waals surface area contributed by atoms with E-state index in [2.05, 4.69) is 74.5 Å². The van der Waals surface area contributed by atoms with Crippen molar-refractivity contribution in [1.82, 2.24) is 0 Å². The van der Waals surface area contributed by atoms with Gasteiger partial charge in [0.25, 0.3) is 0 Å². The summed E-state index contributed by atoms with van der Waals surface area (Å²) in [4.78, 5) is 0. The molecule has 2 rings (SSSR count). The molecule has 2 heteroatoms. The molecule has 2 atom stereocenters. The average molecular weight is 323 g/mol. The van der Waals surface area contributed by atoms with Gasteiger partial charge in [-0.1, -0.05) is 79.7 Å². The maximum atomic E-state index is 6.75. The third-order valence-corrected chi connectivity index (χ3v) is 5.12. The monoisotopic (exact) mass is 323 g/mol. The van der Waals surface area contributed by atoms with E-state index in [9.17, 15) is 0 Å². The molecule has 2 unspecified atom stereocenters. The molecule has 0 aliphatic rings. The van der Waals surface area contributed by atoms with Crippen LogP contribution in [0, 0.1) is 5.92 Å². The van der Waals surface area contributed by atoms with Gasteiger partial charge in [0, 0.05) is 18.6 Å². The molecule has 0 amide bonds. The van der Waals surface area contributed by atoms with Gasteiger partial charge in [0.15, 0.2) is 0 Å². The van der Waals surface area contributed by atoms with Gasteiger partial charge in [0.05, 0.1) is 0 Å².